The number of hydrogen-bond donors (Lipinski definition) is 1. The second kappa shape index (κ2) is 4.89. The van der Waals surface area contributed by atoms with Crippen molar-refractivity contribution < 1.29 is 0 Å². The van der Waals surface area contributed by atoms with Crippen molar-refractivity contribution in [2.75, 3.05) is 19.6 Å². The first-order valence-corrected chi connectivity index (χ1v) is 7.43. The first-order chi connectivity index (χ1) is 7.97. The van der Waals surface area contributed by atoms with E-state index >= 15 is 0 Å². The van der Waals surface area contributed by atoms with Crippen LogP contribution < -0.4 is 5.73 Å². The van der Waals surface area contributed by atoms with Crippen molar-refractivity contribution in [3.05, 3.63) is 0 Å². The van der Waals surface area contributed by atoms with Crippen LogP contribution in [0.25, 0.3) is 0 Å². The molecule has 2 N–H and O–H groups in total. The number of nitrogens with zero attached hydrogens (tertiary/aromatic N) is 1. The summed E-state index contributed by atoms with van der Waals surface area (Å²) >= 11 is 0. The Bertz CT molecular complexity index is 262. The van der Waals surface area contributed by atoms with E-state index in [4.69, 9.17) is 5.73 Å². The maximum Gasteiger partial charge on any atom is 0.0337 e. The second-order valence-electron chi connectivity index (χ2n) is 7.29. The third kappa shape index (κ3) is 2.85. The fourth-order valence-electron chi connectivity index (χ4n) is 3.95. The summed E-state index contributed by atoms with van der Waals surface area (Å²) < 4.78 is 0. The molecule has 0 radical (unpaired) electrons. The van der Waals surface area contributed by atoms with E-state index < -0.39 is 0 Å². The molecule has 0 bridgehead atoms. The fraction of sp³-hybridized carbons (Fsp3) is 1.00. The summed E-state index contributed by atoms with van der Waals surface area (Å²) in [5.41, 5.74) is 6.99. The monoisotopic (exact) mass is 238 g/mol. The Morgan fingerprint density at radius 1 is 1.18 bits per heavy atom. The minimum absolute atomic E-state index is 0.327. The fourth-order valence-corrected chi connectivity index (χ4v) is 3.95. The molecule has 0 aromatic heterocycles. The van der Waals surface area contributed by atoms with Gasteiger partial charge < -0.3 is 5.73 Å². The Morgan fingerprint density at radius 2 is 1.94 bits per heavy atom. The molecule has 0 aromatic rings. The Morgan fingerprint density at radius 3 is 2.53 bits per heavy atom. The van der Waals surface area contributed by atoms with Crippen LogP contribution in [0.1, 0.15) is 59.3 Å². The highest BCUT2D eigenvalue weighted by Crippen LogP contribution is 2.46. The van der Waals surface area contributed by atoms with E-state index in [9.17, 15) is 0 Å². The number of likely N-dealkylation sites (tertiary alicyclic amines) is 1. The van der Waals surface area contributed by atoms with Crippen LogP contribution in [0, 0.1) is 11.3 Å². The van der Waals surface area contributed by atoms with E-state index in [1.54, 1.807) is 0 Å². The molecule has 2 aliphatic rings. The standard InChI is InChI=1S/C15H30N2/c1-13-5-4-9-17(10-6-13)15(12-16)8-7-14(2,3)11-15/h13H,4-12,16H2,1-3H3. The quantitative estimate of drug-likeness (QED) is 0.801. The summed E-state index contributed by atoms with van der Waals surface area (Å²) in [6, 6.07) is 0. The average Bonchev–Trinajstić information content (AvgIpc) is 2.46. The van der Waals surface area contributed by atoms with E-state index in [0.717, 1.165) is 12.5 Å². The molecular weight excluding hydrogens is 208 g/mol. The lowest BCUT2D eigenvalue weighted by Gasteiger charge is -2.41. The largest absolute Gasteiger partial charge is 0.329 e. The molecule has 2 fully saturated rings. The molecule has 17 heavy (non-hydrogen) atoms. The Kier molecular flexibility index (Phi) is 3.84. The predicted octanol–water partition coefficient (Wildman–Crippen LogP) is 3.02. The number of hydrogen-bond acceptors (Lipinski definition) is 2. The average molecular weight is 238 g/mol. The van der Waals surface area contributed by atoms with Crippen LogP contribution in [0.5, 0.6) is 0 Å². The first kappa shape index (κ1) is 13.4. The molecule has 2 unspecified atom stereocenters. The molecule has 100 valence electrons. The van der Waals surface area contributed by atoms with Gasteiger partial charge in [-0.1, -0.05) is 20.8 Å². The van der Waals surface area contributed by atoms with E-state index in [1.165, 1.54) is 51.6 Å². The molecule has 1 saturated heterocycles. The van der Waals surface area contributed by atoms with Gasteiger partial charge in [-0.25, -0.2) is 0 Å². The highest BCUT2D eigenvalue weighted by atomic mass is 15.2. The van der Waals surface area contributed by atoms with Crippen LogP contribution in [0.2, 0.25) is 0 Å². The van der Waals surface area contributed by atoms with Gasteiger partial charge in [0.15, 0.2) is 0 Å². The van der Waals surface area contributed by atoms with Gasteiger partial charge in [-0.3, -0.25) is 4.90 Å². The van der Waals surface area contributed by atoms with Crippen LogP contribution in [0.15, 0.2) is 0 Å². The molecule has 1 heterocycles. The normalized spacial score (nSPS) is 39.2. The van der Waals surface area contributed by atoms with Gasteiger partial charge in [0.25, 0.3) is 0 Å². The van der Waals surface area contributed by atoms with E-state index in [2.05, 4.69) is 25.7 Å². The molecule has 2 nitrogen and oxygen atoms in total. The molecular formula is C15H30N2. The van der Waals surface area contributed by atoms with Gasteiger partial charge in [0.2, 0.25) is 0 Å². The summed E-state index contributed by atoms with van der Waals surface area (Å²) in [5.74, 6) is 0.907. The molecule has 2 atom stereocenters. The molecule has 1 saturated carbocycles. The minimum atomic E-state index is 0.327. The van der Waals surface area contributed by atoms with Crippen molar-refractivity contribution in [3.8, 4) is 0 Å². The third-order valence-electron chi connectivity index (χ3n) is 5.14. The highest BCUT2D eigenvalue weighted by molar-refractivity contribution is 5.02. The summed E-state index contributed by atoms with van der Waals surface area (Å²) in [6.45, 7) is 10.6. The van der Waals surface area contributed by atoms with Gasteiger partial charge in [0, 0.05) is 12.1 Å². The van der Waals surface area contributed by atoms with E-state index in [1.807, 2.05) is 0 Å². The predicted molar refractivity (Wildman–Crippen MR) is 74.0 cm³/mol. The second-order valence-corrected chi connectivity index (χ2v) is 7.29. The third-order valence-corrected chi connectivity index (χ3v) is 5.14. The Labute approximate surface area is 107 Å². The van der Waals surface area contributed by atoms with Gasteiger partial charge in [0.05, 0.1) is 0 Å². The highest BCUT2D eigenvalue weighted by Gasteiger charge is 2.46. The summed E-state index contributed by atoms with van der Waals surface area (Å²) in [7, 11) is 0. The van der Waals surface area contributed by atoms with Crippen LogP contribution in [-0.4, -0.2) is 30.1 Å². The maximum atomic E-state index is 6.16. The Hall–Kier alpha value is -0.0800. The van der Waals surface area contributed by atoms with Gasteiger partial charge in [-0.2, -0.15) is 0 Å². The summed E-state index contributed by atoms with van der Waals surface area (Å²) in [6.07, 6.45) is 8.08. The van der Waals surface area contributed by atoms with Crippen LogP contribution >= 0.6 is 0 Å². The maximum absolute atomic E-state index is 6.16. The minimum Gasteiger partial charge on any atom is -0.329 e. The number of rotatable bonds is 2. The van der Waals surface area contributed by atoms with Gasteiger partial charge >= 0.3 is 0 Å². The number of nitrogens with two attached hydrogens (primary N) is 1. The zero-order valence-corrected chi connectivity index (χ0v) is 12.0. The molecule has 0 amide bonds. The molecule has 0 spiro atoms. The molecule has 0 aromatic carbocycles. The van der Waals surface area contributed by atoms with Crippen LogP contribution in [-0.2, 0) is 0 Å². The summed E-state index contributed by atoms with van der Waals surface area (Å²) in [4.78, 5) is 2.74. The zero-order valence-electron chi connectivity index (χ0n) is 12.0. The smallest absolute Gasteiger partial charge is 0.0337 e. The lowest BCUT2D eigenvalue weighted by atomic mass is 9.86. The first-order valence-electron chi connectivity index (χ1n) is 7.43. The van der Waals surface area contributed by atoms with Crippen molar-refractivity contribution in [1.29, 1.82) is 0 Å². The van der Waals surface area contributed by atoms with E-state index in [-0.39, 0.29) is 0 Å². The Balaban J connectivity index is 2.07. The van der Waals surface area contributed by atoms with Crippen molar-refractivity contribution >= 4 is 0 Å². The van der Waals surface area contributed by atoms with Crippen molar-refractivity contribution in [2.45, 2.75) is 64.8 Å². The van der Waals surface area contributed by atoms with Gasteiger partial charge in [0.1, 0.15) is 0 Å². The summed E-state index contributed by atoms with van der Waals surface area (Å²) in [5, 5.41) is 0. The zero-order chi connectivity index (χ0) is 12.5. The molecule has 1 aliphatic heterocycles. The lowest BCUT2D eigenvalue weighted by molar-refractivity contribution is 0.0916. The van der Waals surface area contributed by atoms with E-state index in [0.29, 0.717) is 11.0 Å². The topological polar surface area (TPSA) is 29.3 Å². The van der Waals surface area contributed by atoms with Gasteiger partial charge in [-0.15, -0.1) is 0 Å². The lowest BCUT2D eigenvalue weighted by Crippen LogP contribution is -2.53. The van der Waals surface area contributed by atoms with Crippen LogP contribution in [0.4, 0.5) is 0 Å². The van der Waals surface area contributed by atoms with Crippen molar-refractivity contribution in [1.82, 2.24) is 4.90 Å². The SMILES string of the molecule is CC1CCCN(C2(CN)CCC(C)(C)C2)CC1. The molecule has 1 aliphatic carbocycles. The molecule has 2 heteroatoms. The van der Waals surface area contributed by atoms with Gasteiger partial charge in [-0.05, 0) is 62.9 Å². The van der Waals surface area contributed by atoms with Crippen LogP contribution in [0.3, 0.4) is 0 Å². The van der Waals surface area contributed by atoms with Crippen molar-refractivity contribution in [3.63, 3.8) is 0 Å². The molecule has 2 rings (SSSR count). The van der Waals surface area contributed by atoms with Crippen molar-refractivity contribution in [2.24, 2.45) is 17.1 Å².